The highest BCUT2D eigenvalue weighted by molar-refractivity contribution is 5.92. The molecule has 2 aromatic heterocycles. The van der Waals surface area contributed by atoms with Crippen molar-refractivity contribution >= 4 is 28.6 Å². The molecule has 146 valence electrons. The fourth-order valence-corrected chi connectivity index (χ4v) is 2.52. The first-order valence-corrected chi connectivity index (χ1v) is 7.83. The summed E-state index contributed by atoms with van der Waals surface area (Å²) in [6.07, 6.45) is 1.23. The smallest absolute Gasteiger partial charge is 0.289 e. The van der Waals surface area contributed by atoms with E-state index in [4.69, 9.17) is 36.1 Å². The Morgan fingerprint density at radius 1 is 1.29 bits per heavy atom. The van der Waals surface area contributed by atoms with E-state index in [-0.39, 0.29) is 5.76 Å². The molecule has 9 heteroatoms. The van der Waals surface area contributed by atoms with Gasteiger partial charge < -0.3 is 29.4 Å². The van der Waals surface area contributed by atoms with Gasteiger partial charge in [0.15, 0.2) is 17.3 Å². The lowest BCUT2D eigenvalue weighted by Crippen LogP contribution is -2.49. The molecule has 0 aliphatic carbocycles. The zero-order valence-electron chi connectivity index (χ0n) is 26.1. The number of hydrogen-bond donors (Lipinski definition) is 1. The van der Waals surface area contributed by atoms with Gasteiger partial charge in [0, 0.05) is 37.5 Å². The summed E-state index contributed by atoms with van der Waals surface area (Å²) in [5.74, 6) is -4.09. The second kappa shape index (κ2) is 7.26. The van der Waals surface area contributed by atoms with Gasteiger partial charge in [-0.05, 0) is 18.2 Å². The van der Waals surface area contributed by atoms with Crippen molar-refractivity contribution in [2.75, 3.05) is 50.8 Å². The topological polar surface area (TPSA) is 107 Å². The average Bonchev–Trinajstić information content (AvgIpc) is 3.30. The zero-order chi connectivity index (χ0) is 30.0. The molecule has 1 aliphatic heterocycles. The molecular weight excluding hydrogens is 362 g/mol. The van der Waals surface area contributed by atoms with Crippen LogP contribution in [-0.4, -0.2) is 60.9 Å². The first-order valence-electron chi connectivity index (χ1n) is 13.8. The van der Waals surface area contributed by atoms with E-state index in [9.17, 15) is 4.79 Å². The maximum absolute atomic E-state index is 12.7. The molecule has 0 unspecified atom stereocenters. The van der Waals surface area contributed by atoms with E-state index >= 15 is 0 Å². The van der Waals surface area contributed by atoms with Crippen LogP contribution in [0.3, 0.4) is 0 Å². The van der Waals surface area contributed by atoms with Crippen molar-refractivity contribution in [1.82, 2.24) is 14.9 Å². The number of methoxy groups -OCH3 is 2. The molecule has 0 saturated carbocycles. The minimum atomic E-state index is -3.21. The first-order chi connectivity index (χ1) is 18.2. The largest absolute Gasteiger partial charge is 0.493 e. The van der Waals surface area contributed by atoms with Gasteiger partial charge >= 0.3 is 0 Å². The summed E-state index contributed by atoms with van der Waals surface area (Å²) < 4.78 is 110. The van der Waals surface area contributed by atoms with Crippen LogP contribution >= 0.6 is 0 Å². The molecule has 1 fully saturated rings. The summed E-state index contributed by atoms with van der Waals surface area (Å²) in [7, 11) is -6.40. The fraction of sp³-hybridized carbons (Fsp3) is 0.316. The van der Waals surface area contributed by atoms with E-state index < -0.39 is 92.3 Å². The Labute approximate surface area is 178 Å². The van der Waals surface area contributed by atoms with Crippen molar-refractivity contribution in [3.8, 4) is 11.5 Å². The Kier molecular flexibility index (Phi) is 2.25. The SMILES string of the molecule is [2H]c1c(OC([2H])([2H])[2H])c(OC([2H])([2H])[2H])c([2H])c2c(N)nc(N3C([2H])([2H])CN(C(=O)c4ccco4)CC3([2H])[2H])nc12. The fourth-order valence-electron chi connectivity index (χ4n) is 2.52. The number of nitrogen functional groups attached to an aromatic ring is 1. The third-order valence-corrected chi connectivity index (χ3v) is 3.86. The zero-order valence-corrected chi connectivity index (χ0v) is 14.1. The quantitative estimate of drug-likeness (QED) is 0.712. The van der Waals surface area contributed by atoms with Crippen molar-refractivity contribution < 1.29 is 35.1 Å². The maximum atomic E-state index is 12.7. The van der Waals surface area contributed by atoms with Gasteiger partial charge in [-0.2, -0.15) is 4.98 Å². The van der Waals surface area contributed by atoms with Gasteiger partial charge in [0.25, 0.3) is 5.91 Å². The van der Waals surface area contributed by atoms with Crippen molar-refractivity contribution in [3.63, 3.8) is 0 Å². The third kappa shape index (κ3) is 3.15. The Hall–Kier alpha value is -3.49. The number of carbonyl (C=O) groups is 1. The summed E-state index contributed by atoms with van der Waals surface area (Å²) in [6.45, 7) is -6.63. The van der Waals surface area contributed by atoms with Crippen LogP contribution in [-0.2, 0) is 0 Å². The molecule has 0 spiro atoms. The van der Waals surface area contributed by atoms with Crippen LogP contribution < -0.4 is 20.1 Å². The highest BCUT2D eigenvalue weighted by Gasteiger charge is 2.25. The highest BCUT2D eigenvalue weighted by atomic mass is 16.5. The normalized spacial score (nSPS) is 25.1. The molecule has 0 bridgehead atoms. The van der Waals surface area contributed by atoms with Crippen LogP contribution in [0, 0.1) is 0 Å². The Bertz CT molecular complexity index is 1440. The molecule has 1 amide bonds. The summed E-state index contributed by atoms with van der Waals surface area (Å²) in [5, 5.41) is -0.446. The molecule has 0 radical (unpaired) electrons. The molecule has 1 aromatic carbocycles. The highest BCUT2D eigenvalue weighted by Crippen LogP contribution is 2.34. The van der Waals surface area contributed by atoms with Crippen LogP contribution in [0.5, 0.6) is 11.5 Å². The molecule has 1 saturated heterocycles. The van der Waals surface area contributed by atoms with Gasteiger partial charge in [0.2, 0.25) is 5.95 Å². The van der Waals surface area contributed by atoms with E-state index in [1.54, 1.807) is 0 Å². The van der Waals surface area contributed by atoms with E-state index in [2.05, 4.69) is 9.97 Å². The van der Waals surface area contributed by atoms with Crippen molar-refractivity contribution in [3.05, 3.63) is 36.2 Å². The van der Waals surface area contributed by atoms with Crippen LogP contribution in [0.1, 0.15) is 27.0 Å². The summed E-state index contributed by atoms with van der Waals surface area (Å²) in [4.78, 5) is 22.1. The van der Waals surface area contributed by atoms with Gasteiger partial charge in [0.1, 0.15) is 5.82 Å². The predicted octanol–water partition coefficient (Wildman–Crippen LogP) is 1.78. The number of ether oxygens (including phenoxy) is 2. The van der Waals surface area contributed by atoms with Crippen LogP contribution in [0.2, 0.25) is 0 Å². The standard InChI is InChI=1S/C19H21N5O4/c1-26-15-10-12-13(11-16(15)27-2)21-19(22-17(12)20)24-7-5-23(6-8-24)18(25)14-4-3-9-28-14/h3-4,9-11H,5-8H2,1-2H3,(H2,20,21,22)/i1D3,2D3,7D2,8D2,10D,11D. The second-order valence-corrected chi connectivity index (χ2v) is 5.53. The van der Waals surface area contributed by atoms with Crippen LogP contribution in [0.15, 0.2) is 34.9 Å². The Morgan fingerprint density at radius 3 is 2.71 bits per heavy atom. The number of amides is 1. The van der Waals surface area contributed by atoms with Gasteiger partial charge in [0.05, 0.1) is 42.3 Å². The molecule has 4 rings (SSSR count). The number of nitrogens with zero attached hydrogens (tertiary/aromatic N) is 4. The van der Waals surface area contributed by atoms with E-state index in [1.807, 2.05) is 0 Å². The number of aromatic nitrogens is 2. The van der Waals surface area contributed by atoms with Crippen molar-refractivity contribution in [1.29, 1.82) is 0 Å². The van der Waals surface area contributed by atoms with Gasteiger partial charge in [-0.25, -0.2) is 4.98 Å². The van der Waals surface area contributed by atoms with Crippen molar-refractivity contribution in [2.24, 2.45) is 0 Å². The van der Waals surface area contributed by atoms with Crippen LogP contribution in [0.25, 0.3) is 10.9 Å². The Balaban J connectivity index is 1.88. The number of anilines is 2. The molecule has 0 atom stereocenters. The second-order valence-electron chi connectivity index (χ2n) is 5.53. The van der Waals surface area contributed by atoms with E-state index in [0.717, 1.165) is 4.90 Å². The minimum Gasteiger partial charge on any atom is -0.493 e. The summed E-state index contributed by atoms with van der Waals surface area (Å²) >= 11 is 0. The van der Waals surface area contributed by atoms with Gasteiger partial charge in [-0.15, -0.1) is 0 Å². The monoisotopic (exact) mass is 395 g/mol. The maximum Gasteiger partial charge on any atom is 0.289 e. The average molecular weight is 395 g/mol. The molecule has 9 nitrogen and oxygen atoms in total. The van der Waals surface area contributed by atoms with Crippen molar-refractivity contribution in [2.45, 2.75) is 0 Å². The van der Waals surface area contributed by atoms with Gasteiger partial charge in [-0.1, -0.05) is 0 Å². The molecular formula is C19H21N5O4. The minimum absolute atomic E-state index is 0.134. The number of nitrogens with two attached hydrogens (primary N) is 1. The van der Waals surface area contributed by atoms with Gasteiger partial charge in [-0.3, -0.25) is 4.79 Å². The Morgan fingerprint density at radius 2 is 2.04 bits per heavy atom. The summed E-state index contributed by atoms with van der Waals surface area (Å²) in [5.41, 5.74) is 5.44. The third-order valence-electron chi connectivity index (χ3n) is 3.86. The predicted molar refractivity (Wildman–Crippen MR) is 104 cm³/mol. The number of rotatable bonds is 4. The molecule has 3 heterocycles. The molecule has 2 N–H and O–H groups in total. The van der Waals surface area contributed by atoms with E-state index in [0.29, 0.717) is 4.90 Å². The first kappa shape index (κ1) is 8.68. The lowest BCUT2D eigenvalue weighted by atomic mass is 10.2. The number of fused-ring (bicyclic) bond motifs is 1. The molecule has 1 aliphatic rings. The lowest BCUT2D eigenvalue weighted by molar-refractivity contribution is 0.0714. The molecule has 28 heavy (non-hydrogen) atoms. The number of furan rings is 1. The van der Waals surface area contributed by atoms with Crippen LogP contribution in [0.4, 0.5) is 11.8 Å². The lowest BCUT2D eigenvalue weighted by Gasteiger charge is -2.34. The summed E-state index contributed by atoms with van der Waals surface area (Å²) in [6, 6.07) is 1.07. The number of benzene rings is 1. The van der Waals surface area contributed by atoms with E-state index in [1.165, 1.54) is 18.4 Å². The number of piperazine rings is 1. The number of hydrogen-bond acceptors (Lipinski definition) is 8. The molecule has 3 aromatic rings. The number of carbonyl (C=O) groups excluding carboxylic acids is 1.